The summed E-state index contributed by atoms with van der Waals surface area (Å²) < 4.78 is 30.2. The Kier molecular flexibility index (Phi) is 11.6. The van der Waals surface area contributed by atoms with Crippen molar-refractivity contribution >= 4 is 58.5 Å². The van der Waals surface area contributed by atoms with Gasteiger partial charge in [0.1, 0.15) is 22.9 Å². The molecule has 1 aromatic heterocycles. The summed E-state index contributed by atoms with van der Waals surface area (Å²) in [6.45, 7) is 15.0. The minimum absolute atomic E-state index is 0.103. The Labute approximate surface area is 407 Å². The minimum atomic E-state index is -2.65. The van der Waals surface area contributed by atoms with Gasteiger partial charge in [-0.25, -0.2) is 19.4 Å². The van der Waals surface area contributed by atoms with E-state index < -0.39 is 101 Å². The molecular formula is C51H52N4O14S. The monoisotopic (exact) mass is 976 g/mol. The molecule has 3 aromatic carbocycles. The van der Waals surface area contributed by atoms with Crippen LogP contribution in [0.3, 0.4) is 0 Å². The first-order valence-corrected chi connectivity index (χ1v) is 23.7. The highest BCUT2D eigenvalue weighted by Crippen LogP contribution is 2.52. The van der Waals surface area contributed by atoms with Gasteiger partial charge in [0, 0.05) is 35.8 Å². The fraction of sp³-hybridized carbons (Fsp3) is 0.431. The van der Waals surface area contributed by atoms with Gasteiger partial charge in [0.05, 0.1) is 35.1 Å². The Balaban J connectivity index is 0.973. The second-order valence-corrected chi connectivity index (χ2v) is 21.9. The topological polar surface area (TPSA) is 216 Å². The zero-order chi connectivity index (χ0) is 50.3. The van der Waals surface area contributed by atoms with Gasteiger partial charge in [-0.3, -0.25) is 28.9 Å². The van der Waals surface area contributed by atoms with E-state index in [4.69, 9.17) is 33.4 Å². The van der Waals surface area contributed by atoms with Crippen molar-refractivity contribution in [3.8, 4) is 11.5 Å². The number of Topliss-reactive ketones (excluding diaryl/α,β-unsaturated/α-hetero) is 1. The molecule has 3 atom stereocenters. The second kappa shape index (κ2) is 16.9. The van der Waals surface area contributed by atoms with Gasteiger partial charge in [0.2, 0.25) is 5.60 Å². The molecule has 5 heterocycles. The van der Waals surface area contributed by atoms with Gasteiger partial charge >= 0.3 is 29.4 Å². The highest BCUT2D eigenvalue weighted by molar-refractivity contribution is 7.09. The van der Waals surface area contributed by atoms with Crippen molar-refractivity contribution in [1.29, 1.82) is 0 Å². The van der Waals surface area contributed by atoms with E-state index >= 15 is 0 Å². The van der Waals surface area contributed by atoms with Gasteiger partial charge in [-0.2, -0.15) is 5.06 Å². The Morgan fingerprint density at radius 3 is 1.84 bits per heavy atom. The molecule has 366 valence electrons. The van der Waals surface area contributed by atoms with Gasteiger partial charge in [-0.15, -0.1) is 11.3 Å². The molecule has 19 heteroatoms. The number of hydrogen-bond acceptors (Lipinski definition) is 17. The zero-order valence-electron chi connectivity index (χ0n) is 40.1. The van der Waals surface area contributed by atoms with Crippen molar-refractivity contribution in [3.05, 3.63) is 111 Å². The molecule has 1 saturated carbocycles. The zero-order valence-corrected chi connectivity index (χ0v) is 40.9. The number of rotatable bonds is 12. The maximum Gasteiger partial charge on any atom is 0.375 e. The van der Waals surface area contributed by atoms with E-state index in [9.17, 15) is 33.6 Å². The molecule has 3 amide bonds. The molecule has 0 N–H and O–H groups in total. The molecule has 1 aliphatic carbocycles. The summed E-state index contributed by atoms with van der Waals surface area (Å²) in [5.74, 6) is -8.94. The number of hydroxylamine groups is 2. The molecule has 18 nitrogen and oxygen atoms in total. The summed E-state index contributed by atoms with van der Waals surface area (Å²) in [4.78, 5) is 116. The lowest BCUT2D eigenvalue weighted by atomic mass is 9.61. The third-order valence-electron chi connectivity index (χ3n) is 12.3. The summed E-state index contributed by atoms with van der Waals surface area (Å²) >= 11 is 1.24. The number of hydrogen-bond donors (Lipinski definition) is 0. The molecule has 0 radical (unpaired) electrons. The molecule has 9 rings (SSSR count). The number of esters is 3. The van der Waals surface area contributed by atoms with Gasteiger partial charge in [0.15, 0.2) is 23.0 Å². The average molecular weight is 977 g/mol. The number of carbonyl (C=O) groups excluding carboxylic acids is 7. The Bertz CT molecular complexity index is 2790. The van der Waals surface area contributed by atoms with E-state index in [1.807, 2.05) is 74.5 Å². The molecule has 0 bridgehead atoms. The fourth-order valence-corrected chi connectivity index (χ4v) is 10.0. The Morgan fingerprint density at radius 2 is 1.34 bits per heavy atom. The number of nitrogens with zero attached hydrogens (tertiary/aromatic N) is 4. The molecule has 4 aromatic rings. The van der Waals surface area contributed by atoms with Gasteiger partial charge in [-0.1, -0.05) is 79.7 Å². The number of aromatic nitrogens is 1. The summed E-state index contributed by atoms with van der Waals surface area (Å²) in [6.07, 6.45) is -0.827. The standard InChI is InChI=1S/C51H52N4O14S/c1-28-52-34(25-70-28)39(53-69-49(26-48(8,9)27-49)44(61)67-46(2,3)4)36(56)20-29-24-63-55(40(29)57)50(45(62)68-47(5,6)7)23-35(43(60)66-50)54-41(58)32-21-37-38(22-33(32)42(54)59)65-51(64-37,30-16-12-10-13-17-30)31-18-14-11-15-19-31/h10-19,21-22,25,29,35H,20,23-24,26-27H2,1-9H3/b53-39-/t29-,35-,50?/m0/s1. The van der Waals surface area contributed by atoms with Crippen molar-refractivity contribution in [2.24, 2.45) is 16.5 Å². The van der Waals surface area contributed by atoms with E-state index in [0.29, 0.717) is 26.1 Å². The van der Waals surface area contributed by atoms with Crippen LogP contribution in [-0.2, 0) is 53.6 Å². The van der Waals surface area contributed by atoms with E-state index in [1.165, 1.54) is 23.5 Å². The number of imide groups is 1. The lowest BCUT2D eigenvalue weighted by Gasteiger charge is -2.49. The second-order valence-electron chi connectivity index (χ2n) is 20.9. The van der Waals surface area contributed by atoms with Gasteiger partial charge < -0.3 is 28.5 Å². The first-order valence-electron chi connectivity index (χ1n) is 22.8. The molecule has 5 aliphatic rings. The third-order valence-corrected chi connectivity index (χ3v) is 13.1. The van der Waals surface area contributed by atoms with Crippen LogP contribution in [0.5, 0.6) is 11.5 Å². The van der Waals surface area contributed by atoms with E-state index in [2.05, 4.69) is 10.1 Å². The van der Waals surface area contributed by atoms with Crippen molar-refractivity contribution in [1.82, 2.24) is 14.9 Å². The quantitative estimate of drug-likeness (QED) is 0.0472. The minimum Gasteiger partial charge on any atom is -0.457 e. The first-order chi connectivity index (χ1) is 32.8. The lowest BCUT2D eigenvalue weighted by molar-refractivity contribution is -0.263. The Hall–Kier alpha value is -6.99. The molecule has 0 spiro atoms. The normalized spacial score (nSPS) is 23.2. The molecule has 70 heavy (non-hydrogen) atoms. The van der Waals surface area contributed by atoms with Crippen LogP contribution in [-0.4, -0.2) is 97.2 Å². The number of amides is 3. The van der Waals surface area contributed by atoms with Crippen LogP contribution in [0.15, 0.2) is 83.3 Å². The van der Waals surface area contributed by atoms with Crippen molar-refractivity contribution in [2.75, 3.05) is 6.61 Å². The number of ketones is 1. The van der Waals surface area contributed by atoms with Crippen LogP contribution in [0, 0.1) is 18.3 Å². The molecule has 3 fully saturated rings. The number of benzene rings is 3. The summed E-state index contributed by atoms with van der Waals surface area (Å²) in [5.41, 5.74) is -5.50. The summed E-state index contributed by atoms with van der Waals surface area (Å²) in [7, 11) is 0. The number of carbonyl (C=O) groups is 7. The number of oxime groups is 1. The fourth-order valence-electron chi connectivity index (χ4n) is 9.44. The first kappa shape index (κ1) is 48.1. The highest BCUT2D eigenvalue weighted by atomic mass is 32.1. The van der Waals surface area contributed by atoms with Crippen molar-refractivity contribution in [3.63, 3.8) is 0 Å². The van der Waals surface area contributed by atoms with Crippen LogP contribution in [0.1, 0.15) is 124 Å². The van der Waals surface area contributed by atoms with Gasteiger partial charge in [-0.05, 0) is 66.0 Å². The maximum absolute atomic E-state index is 14.5. The lowest BCUT2D eigenvalue weighted by Crippen LogP contribution is -2.57. The van der Waals surface area contributed by atoms with E-state index in [0.717, 1.165) is 0 Å². The number of thiazole rings is 1. The van der Waals surface area contributed by atoms with Crippen LogP contribution < -0.4 is 9.47 Å². The number of ether oxygens (including phenoxy) is 5. The van der Waals surface area contributed by atoms with Crippen molar-refractivity contribution in [2.45, 2.75) is 122 Å². The third kappa shape index (κ3) is 8.48. The predicted octanol–water partition coefficient (Wildman–Crippen LogP) is 6.74. The largest absolute Gasteiger partial charge is 0.457 e. The van der Waals surface area contributed by atoms with E-state index in [-0.39, 0.29) is 52.3 Å². The number of cyclic esters (lactones) is 1. The SMILES string of the molecule is Cc1nc(/C(=N/OC2(C(=O)OC(C)(C)C)CC(C)(C)C2)C(=O)C[C@H]2CON(C3(C(=O)OC(C)(C)C)C[C@H](N4C(=O)c5cc6c(cc5C4=O)OC(c4ccccc4)(c4ccccc4)O6)C(=O)O3)C2=O)cs1. The predicted molar refractivity (Wildman–Crippen MR) is 247 cm³/mol. The highest BCUT2D eigenvalue weighted by Gasteiger charge is 2.66. The molecule has 4 aliphatic heterocycles. The summed E-state index contributed by atoms with van der Waals surface area (Å²) in [5, 5.41) is 6.97. The number of aryl methyl sites for hydroxylation is 1. The average Bonchev–Trinajstić information content (AvgIpc) is 4.09. The van der Waals surface area contributed by atoms with Crippen LogP contribution in [0.25, 0.3) is 0 Å². The van der Waals surface area contributed by atoms with Crippen LogP contribution in [0.2, 0.25) is 0 Å². The van der Waals surface area contributed by atoms with E-state index in [1.54, 1.807) is 53.8 Å². The van der Waals surface area contributed by atoms with Crippen molar-refractivity contribution < 1.29 is 66.9 Å². The molecular weight excluding hydrogens is 925 g/mol. The Morgan fingerprint density at radius 1 is 0.800 bits per heavy atom. The van der Waals surface area contributed by atoms with Crippen LogP contribution >= 0.6 is 11.3 Å². The smallest absolute Gasteiger partial charge is 0.375 e. The van der Waals surface area contributed by atoms with Gasteiger partial charge in [0.25, 0.3) is 17.7 Å². The summed E-state index contributed by atoms with van der Waals surface area (Å²) in [6, 6.07) is 19.3. The van der Waals surface area contributed by atoms with Crippen LogP contribution in [0.4, 0.5) is 0 Å². The molecule has 2 saturated heterocycles. The molecule has 1 unspecified atom stereocenters. The maximum atomic E-state index is 14.5. The number of fused-ring (bicyclic) bond motifs is 2.